The Labute approximate surface area is 934 Å². The molecule has 0 bridgehead atoms. The first-order chi connectivity index (χ1) is 69.9. The third kappa shape index (κ3) is 16.2. The van der Waals surface area contributed by atoms with Gasteiger partial charge in [-0.25, -0.2) is 0 Å². The predicted molar refractivity (Wildman–Crippen MR) is 608 cm³/mol. The molecule has 0 saturated heterocycles. The Morgan fingerprint density at radius 1 is 0.260 bits per heavy atom. The second kappa shape index (κ2) is 38.7. The van der Waals surface area contributed by atoms with Crippen molar-refractivity contribution in [3.05, 3.63) is 453 Å². The van der Waals surface area contributed by atoms with Crippen LogP contribution in [0.4, 0.5) is 34.1 Å². The first kappa shape index (κ1) is 105. The topological polar surface area (TPSA) is 133 Å². The van der Waals surface area contributed by atoms with Crippen LogP contribution in [0.15, 0.2) is 340 Å². The van der Waals surface area contributed by atoms with Crippen molar-refractivity contribution >= 4 is 179 Å². The van der Waals surface area contributed by atoms with Gasteiger partial charge >= 0.3 is 0 Å². The van der Waals surface area contributed by atoms with Gasteiger partial charge in [0, 0.05) is 162 Å². The molecule has 4 aromatic heterocycles. The monoisotopic (exact) mass is 2670 g/mol. The first-order valence-electron chi connectivity index (χ1n) is 51.1. The number of hydrogen-bond donors (Lipinski definition) is 2. The predicted octanol–water partition coefficient (Wildman–Crippen LogP) is 27.9. The molecule has 10 nitrogen and oxygen atoms in total. The largest absolute Gasteiger partial charge is 0.512 e. The number of benzene rings is 16. The summed E-state index contributed by atoms with van der Waals surface area (Å²) in [7, 11) is 0. The first-order valence-corrected chi connectivity index (χ1v) is 51.1. The molecule has 4 radical (unpaired) electrons. The van der Waals surface area contributed by atoms with Crippen molar-refractivity contribution in [3.8, 4) is 0 Å². The molecule has 12 heterocycles. The molecule has 16 aromatic carbocycles. The zero-order valence-corrected chi connectivity index (χ0v) is 97.6. The molecule has 0 aliphatic carbocycles. The molecule has 28 rings (SSSR count). The number of nitrogens with zero attached hydrogens (tertiary/aromatic N) is 6. The van der Waals surface area contributed by atoms with Gasteiger partial charge in [-0.2, -0.15) is 0 Å². The molecule has 0 unspecified atom stereocenters. The number of para-hydroxylation sites is 4. The Morgan fingerprint density at radius 2 is 0.473 bits per heavy atom. The molecule has 8 aliphatic rings. The minimum absolute atomic E-state index is 0. The van der Waals surface area contributed by atoms with Crippen molar-refractivity contribution in [1.82, 2.24) is 19.9 Å². The minimum atomic E-state index is -0.176. The standard InChI is InChI=1S/2C31H25BN.2C31H25N2.2C5H8O2.4Ir/c2*1-30(2)22-11-5-7-13-25(22)32-26-14-8-6-12-23(26)31(3,4)27-20-16-15-19-10-9-17-33-29(19)21(20)18-24(30)28(27)32;2*1-30(2)22-11-5-7-13-25(22)33-26-14-8-6-12-23(26)31(3,4)27-20-16-15-19-10-9-17-32-28(19)21(20)18-24(30)29(27)33;2*1-4(6)3-5(2)7;;;;/h4*5-17H,1-4H3;2*3,6H,1-2H3;;;;/q4*-1;;;;;;. The zero-order chi connectivity index (χ0) is 102. The number of carbonyl (C=O) groups excluding carboxylic acids is 2. The average Bonchev–Trinajstić information content (AvgIpc) is 0.690. The van der Waals surface area contributed by atoms with Gasteiger partial charge in [-0.15, -0.1) is 101 Å². The summed E-state index contributed by atoms with van der Waals surface area (Å²) in [5.74, 6) is -0.125. The summed E-state index contributed by atoms with van der Waals surface area (Å²) in [6.07, 6.45) is 9.94. The average molecular weight is 2660 g/mol. The van der Waals surface area contributed by atoms with Crippen LogP contribution in [0.1, 0.15) is 227 Å². The Balaban J connectivity index is 0.000000119. The van der Waals surface area contributed by atoms with Gasteiger partial charge in [0.2, 0.25) is 0 Å². The summed E-state index contributed by atoms with van der Waals surface area (Å²) in [5, 5.41) is 31.0. The maximum Gasteiger partial charge on any atom is 0.192 e. The van der Waals surface area contributed by atoms with E-state index >= 15 is 0 Å². The number of anilines is 6. The Bertz CT molecular complexity index is 8020. The van der Waals surface area contributed by atoms with Crippen molar-refractivity contribution in [3.63, 3.8) is 0 Å². The van der Waals surface area contributed by atoms with E-state index in [-0.39, 0.29) is 160 Å². The van der Waals surface area contributed by atoms with Gasteiger partial charge in [-0.1, -0.05) is 398 Å². The van der Waals surface area contributed by atoms with Crippen molar-refractivity contribution < 1.29 is 100 Å². The molecule has 0 fully saturated rings. The Morgan fingerprint density at radius 3 is 0.727 bits per heavy atom. The second-order valence-corrected chi connectivity index (χ2v) is 45.0. The van der Waals surface area contributed by atoms with E-state index in [0.717, 1.165) is 54.4 Å². The molecule has 0 spiro atoms. The Hall–Kier alpha value is -13.1. The van der Waals surface area contributed by atoms with Crippen LogP contribution in [-0.4, -0.2) is 55.1 Å². The van der Waals surface area contributed by atoms with Gasteiger partial charge in [0.05, 0.1) is 11.5 Å². The SMILES string of the molecule is CC(=O)C=C(C)O.CC(=O)C=C(C)O.CC1(C)c2[c-]c3c(ccc4cccnc43)c3c2B(c2ccccc21)c1ccccc1C3(C)C.CC1(C)c2[c-]c3c(ccc4cccnc43)c3c2B(c2ccccc21)c1ccccc1C3(C)C.CC1(C)c2[c-]c3c(ccc4cccnc43)c3c2N(c2ccccc21)c1ccccc1C3(C)C.CC1(C)c2[c-]c3c(ccc4cccnc43)c3c2N(c2ccccc21)c1ccccc1C3(C)C.[Ir].[Ir].[Ir].[Ir]. The number of pyridine rings is 4. The van der Waals surface area contributed by atoms with Crippen LogP contribution in [0.3, 0.4) is 0 Å². The third-order valence-electron chi connectivity index (χ3n) is 33.1. The number of carbonyl (C=O) groups is 2. The van der Waals surface area contributed by atoms with Crippen LogP contribution < -0.4 is 42.6 Å². The maximum absolute atomic E-state index is 10.0. The molecule has 0 saturated carbocycles. The van der Waals surface area contributed by atoms with Gasteiger partial charge in [0.1, 0.15) is 0 Å². The third-order valence-corrected chi connectivity index (χ3v) is 33.1. The van der Waals surface area contributed by atoms with E-state index in [1.807, 2.05) is 49.1 Å². The smallest absolute Gasteiger partial charge is 0.192 e. The molecule has 150 heavy (non-hydrogen) atoms. The number of aliphatic hydroxyl groups is 2. The van der Waals surface area contributed by atoms with Crippen LogP contribution in [0.25, 0.3) is 86.7 Å². The van der Waals surface area contributed by atoms with E-state index in [4.69, 9.17) is 30.1 Å². The summed E-state index contributed by atoms with van der Waals surface area (Å²) >= 11 is 0. The molecule has 20 aromatic rings. The van der Waals surface area contributed by atoms with Crippen LogP contribution >= 0.6 is 0 Å². The summed E-state index contributed by atoms with van der Waals surface area (Å²) in [5.41, 5.74) is 41.2. The van der Waals surface area contributed by atoms with Gasteiger partial charge < -0.3 is 39.9 Å². The van der Waals surface area contributed by atoms with Crippen LogP contribution in [-0.2, 0) is 133 Å². The second-order valence-electron chi connectivity index (χ2n) is 45.0. The molecule has 0 amide bonds. The minimum Gasteiger partial charge on any atom is -0.512 e. The van der Waals surface area contributed by atoms with Crippen LogP contribution in [0.5, 0.6) is 0 Å². The van der Waals surface area contributed by atoms with E-state index in [9.17, 15) is 9.59 Å². The molecule has 8 aliphatic heterocycles. The van der Waals surface area contributed by atoms with Gasteiger partial charge in [0.25, 0.3) is 0 Å². The molecular formula is C134H116B2Ir4N6O4-4. The van der Waals surface area contributed by atoms with Gasteiger partial charge in [-0.3, -0.25) is 9.59 Å². The number of aromatic nitrogens is 4. The fourth-order valence-electron chi connectivity index (χ4n) is 26.7. The molecule has 16 heteroatoms. The van der Waals surface area contributed by atoms with E-state index in [1.165, 1.54) is 228 Å². The van der Waals surface area contributed by atoms with Crippen LogP contribution in [0, 0.1) is 24.3 Å². The number of fused-ring (bicyclic) bond motifs is 32. The zero-order valence-electron chi connectivity index (χ0n) is 88.1. The normalized spacial score (nSPS) is 15.9. The Kier molecular flexibility index (Phi) is 27.2. The van der Waals surface area contributed by atoms with Crippen molar-refractivity contribution in [2.45, 2.75) is 182 Å². The molecular weight excluding hydrogens is 2550 g/mol. The summed E-state index contributed by atoms with van der Waals surface area (Å²) in [4.78, 5) is 44.3. The van der Waals surface area contributed by atoms with Crippen LogP contribution in [0.2, 0.25) is 0 Å². The summed E-state index contributed by atoms with van der Waals surface area (Å²) in [6.45, 7) is 44.1. The van der Waals surface area contributed by atoms with E-state index in [2.05, 4.69) is 412 Å². The van der Waals surface area contributed by atoms with Crippen molar-refractivity contribution in [2.24, 2.45) is 0 Å². The fraction of sp³-hybridized carbons (Fsp3) is 0.209. The number of ketones is 2. The number of rotatable bonds is 2. The maximum atomic E-state index is 10.0. The molecule has 0 atom stereocenters. The summed E-state index contributed by atoms with van der Waals surface area (Å²) < 4.78 is 0. The number of hydrogen-bond acceptors (Lipinski definition) is 10. The number of aliphatic hydroxyl groups excluding tert-OH is 2. The van der Waals surface area contributed by atoms with Crippen molar-refractivity contribution in [2.75, 3.05) is 9.80 Å². The van der Waals surface area contributed by atoms with Gasteiger partial charge in [0.15, 0.2) is 25.0 Å². The van der Waals surface area contributed by atoms with Crippen molar-refractivity contribution in [1.29, 1.82) is 0 Å². The van der Waals surface area contributed by atoms with E-state index in [1.54, 1.807) is 0 Å². The quantitative estimate of drug-likeness (QED) is 0.0567. The fourth-order valence-corrected chi connectivity index (χ4v) is 26.7. The molecule has 752 valence electrons. The molecule has 2 N–H and O–H groups in total. The van der Waals surface area contributed by atoms with Gasteiger partial charge in [-0.05, 0) is 197 Å². The van der Waals surface area contributed by atoms with E-state index in [0.29, 0.717) is 0 Å². The summed E-state index contributed by atoms with van der Waals surface area (Å²) in [6, 6.07) is 122. The van der Waals surface area contributed by atoms with E-state index < -0.39 is 0 Å². The number of allylic oxidation sites excluding steroid dienone is 4.